The van der Waals surface area contributed by atoms with E-state index in [-0.39, 0.29) is 18.0 Å². The summed E-state index contributed by atoms with van der Waals surface area (Å²) in [5.41, 5.74) is 0.417. The highest BCUT2D eigenvalue weighted by Gasteiger charge is 2.23. The van der Waals surface area contributed by atoms with E-state index in [1.165, 1.54) is 10.9 Å². The van der Waals surface area contributed by atoms with Crippen molar-refractivity contribution in [2.75, 3.05) is 31.1 Å². The van der Waals surface area contributed by atoms with Gasteiger partial charge in [0.2, 0.25) is 11.8 Å². The molecule has 1 saturated heterocycles. The fourth-order valence-corrected chi connectivity index (χ4v) is 4.00. The molecule has 0 unspecified atom stereocenters. The summed E-state index contributed by atoms with van der Waals surface area (Å²) >= 11 is 0. The molecule has 1 amide bonds. The molecule has 0 aliphatic carbocycles. The van der Waals surface area contributed by atoms with Crippen molar-refractivity contribution in [3.63, 3.8) is 0 Å². The van der Waals surface area contributed by atoms with E-state index in [2.05, 4.69) is 19.9 Å². The number of anilines is 1. The fraction of sp³-hybridized carbons (Fsp3) is 0.240. The average Bonchev–Trinajstić information content (AvgIpc) is 2.86. The summed E-state index contributed by atoms with van der Waals surface area (Å²) in [6.07, 6.45) is 1.44. The quantitative estimate of drug-likeness (QED) is 0.456. The number of hydrogen-bond acceptors (Lipinski definition) is 7. The van der Waals surface area contributed by atoms with Crippen molar-refractivity contribution in [2.45, 2.75) is 13.5 Å². The molecule has 0 N–H and O–H groups in total. The number of amides is 1. The van der Waals surface area contributed by atoms with Gasteiger partial charge in [0.25, 0.3) is 5.56 Å². The minimum Gasteiger partial charge on any atom is -0.439 e. The lowest BCUT2D eigenvalue weighted by molar-refractivity contribution is -0.132. The number of aromatic nitrogens is 4. The normalized spacial score (nSPS) is 13.8. The number of para-hydroxylation sites is 2. The number of piperazine rings is 1. The van der Waals surface area contributed by atoms with Gasteiger partial charge in [0.05, 0.1) is 17.2 Å². The van der Waals surface area contributed by atoms with Crippen LogP contribution in [0, 0.1) is 6.92 Å². The average molecular weight is 457 g/mol. The van der Waals surface area contributed by atoms with Gasteiger partial charge in [-0.25, -0.2) is 9.97 Å². The van der Waals surface area contributed by atoms with Crippen LogP contribution < -0.4 is 15.2 Å². The Morgan fingerprint density at radius 1 is 0.971 bits per heavy atom. The van der Waals surface area contributed by atoms with Gasteiger partial charge in [0, 0.05) is 32.2 Å². The van der Waals surface area contributed by atoms with Crippen LogP contribution in [0.15, 0.2) is 71.8 Å². The molecule has 0 spiro atoms. The van der Waals surface area contributed by atoms with Crippen LogP contribution in [0.5, 0.6) is 11.6 Å². The van der Waals surface area contributed by atoms with E-state index in [1.54, 1.807) is 23.1 Å². The highest BCUT2D eigenvalue weighted by atomic mass is 16.5. The first-order valence-electron chi connectivity index (χ1n) is 11.1. The van der Waals surface area contributed by atoms with E-state index < -0.39 is 0 Å². The summed E-state index contributed by atoms with van der Waals surface area (Å²) in [6, 6.07) is 18.4. The zero-order chi connectivity index (χ0) is 23.5. The van der Waals surface area contributed by atoms with Crippen molar-refractivity contribution in [3.8, 4) is 11.6 Å². The molecule has 1 fully saturated rings. The molecule has 0 atom stereocenters. The molecule has 9 heteroatoms. The number of hydrogen-bond donors (Lipinski definition) is 0. The van der Waals surface area contributed by atoms with Crippen LogP contribution in [-0.4, -0.2) is 56.5 Å². The number of aryl methyl sites for hydroxylation is 1. The Hall–Kier alpha value is -4.27. The molecule has 2 aromatic heterocycles. The van der Waals surface area contributed by atoms with Crippen molar-refractivity contribution in [2.24, 2.45) is 0 Å². The van der Waals surface area contributed by atoms with Gasteiger partial charge in [-0.15, -0.1) is 0 Å². The largest absolute Gasteiger partial charge is 0.439 e. The third-order valence-electron chi connectivity index (χ3n) is 5.76. The lowest BCUT2D eigenvalue weighted by atomic mass is 10.2. The second kappa shape index (κ2) is 9.30. The van der Waals surface area contributed by atoms with Crippen LogP contribution in [0.25, 0.3) is 10.9 Å². The first-order valence-corrected chi connectivity index (χ1v) is 11.1. The smallest absolute Gasteiger partial charge is 0.261 e. The Morgan fingerprint density at radius 2 is 1.71 bits per heavy atom. The number of ether oxygens (including phenoxy) is 1. The topological polar surface area (TPSA) is 93.5 Å². The fourth-order valence-electron chi connectivity index (χ4n) is 4.00. The third-order valence-corrected chi connectivity index (χ3v) is 5.76. The highest BCUT2D eigenvalue weighted by Crippen LogP contribution is 2.24. The lowest BCUT2D eigenvalue weighted by Gasteiger charge is -2.35. The maximum Gasteiger partial charge on any atom is 0.261 e. The first kappa shape index (κ1) is 21.6. The molecule has 0 bridgehead atoms. The number of nitrogens with zero attached hydrogens (tertiary/aromatic N) is 6. The Kier molecular flexibility index (Phi) is 5.90. The standard InChI is InChI=1S/C25H24N6O3/c1-18-27-22(15-23(28-18)34-19-7-3-2-4-8-19)29-11-13-30(14-12-29)24(32)16-31-17-26-21-10-6-5-9-20(21)25(31)33/h2-10,15,17H,11-14,16H2,1H3. The van der Waals surface area contributed by atoms with Crippen LogP contribution in [0.4, 0.5) is 5.82 Å². The Balaban J connectivity index is 1.24. The first-order chi connectivity index (χ1) is 16.6. The van der Waals surface area contributed by atoms with Gasteiger partial charge in [0.15, 0.2) is 0 Å². The van der Waals surface area contributed by atoms with E-state index in [0.29, 0.717) is 54.5 Å². The van der Waals surface area contributed by atoms with E-state index >= 15 is 0 Å². The van der Waals surface area contributed by atoms with Crippen molar-refractivity contribution in [1.82, 2.24) is 24.4 Å². The molecular formula is C25H24N6O3. The molecule has 2 aromatic carbocycles. The molecule has 1 aliphatic rings. The molecular weight excluding hydrogens is 432 g/mol. The Morgan fingerprint density at radius 3 is 2.50 bits per heavy atom. The molecule has 0 radical (unpaired) electrons. The second-order valence-corrected chi connectivity index (χ2v) is 8.09. The second-order valence-electron chi connectivity index (χ2n) is 8.09. The van der Waals surface area contributed by atoms with Crippen LogP contribution in [-0.2, 0) is 11.3 Å². The summed E-state index contributed by atoms with van der Waals surface area (Å²) in [4.78, 5) is 42.7. The number of fused-ring (bicyclic) bond motifs is 1. The zero-order valence-corrected chi connectivity index (χ0v) is 18.8. The summed E-state index contributed by atoms with van der Waals surface area (Å²) in [7, 11) is 0. The highest BCUT2D eigenvalue weighted by molar-refractivity contribution is 5.79. The van der Waals surface area contributed by atoms with Crippen LogP contribution in [0.3, 0.4) is 0 Å². The Bertz CT molecular complexity index is 1380. The van der Waals surface area contributed by atoms with E-state index in [4.69, 9.17) is 4.74 Å². The molecule has 1 aliphatic heterocycles. The summed E-state index contributed by atoms with van der Waals surface area (Å²) < 4.78 is 7.25. The van der Waals surface area contributed by atoms with Gasteiger partial charge in [0.1, 0.15) is 23.9 Å². The molecule has 4 aromatic rings. The van der Waals surface area contributed by atoms with Crippen LogP contribution in [0.1, 0.15) is 5.82 Å². The van der Waals surface area contributed by atoms with Gasteiger partial charge in [-0.1, -0.05) is 30.3 Å². The van der Waals surface area contributed by atoms with Gasteiger partial charge in [-0.05, 0) is 31.2 Å². The lowest BCUT2D eigenvalue weighted by Crippen LogP contribution is -2.50. The molecule has 3 heterocycles. The SMILES string of the molecule is Cc1nc(Oc2ccccc2)cc(N2CCN(C(=O)Cn3cnc4ccccc4c3=O)CC2)n1. The van der Waals surface area contributed by atoms with Gasteiger partial charge >= 0.3 is 0 Å². The van der Waals surface area contributed by atoms with Crippen LogP contribution >= 0.6 is 0 Å². The number of carbonyl (C=O) groups is 1. The third kappa shape index (κ3) is 4.59. The zero-order valence-electron chi connectivity index (χ0n) is 18.8. The van der Waals surface area contributed by atoms with Crippen molar-refractivity contribution < 1.29 is 9.53 Å². The molecule has 0 saturated carbocycles. The number of benzene rings is 2. The van der Waals surface area contributed by atoms with E-state index in [0.717, 1.165) is 5.82 Å². The van der Waals surface area contributed by atoms with Crippen molar-refractivity contribution in [1.29, 1.82) is 0 Å². The molecule has 34 heavy (non-hydrogen) atoms. The predicted octanol–water partition coefficient (Wildman–Crippen LogP) is 2.64. The molecule has 5 rings (SSSR count). The summed E-state index contributed by atoms with van der Waals surface area (Å²) in [6.45, 7) is 4.11. The summed E-state index contributed by atoms with van der Waals surface area (Å²) in [5, 5.41) is 0.510. The predicted molar refractivity (Wildman–Crippen MR) is 128 cm³/mol. The maximum absolute atomic E-state index is 12.9. The molecule has 9 nitrogen and oxygen atoms in total. The minimum absolute atomic E-state index is 0.0294. The van der Waals surface area contributed by atoms with E-state index in [1.807, 2.05) is 49.4 Å². The maximum atomic E-state index is 12.9. The van der Waals surface area contributed by atoms with Crippen molar-refractivity contribution in [3.05, 3.63) is 83.2 Å². The van der Waals surface area contributed by atoms with E-state index in [9.17, 15) is 9.59 Å². The van der Waals surface area contributed by atoms with Crippen LogP contribution in [0.2, 0.25) is 0 Å². The number of carbonyl (C=O) groups excluding carboxylic acids is 1. The van der Waals surface area contributed by atoms with Gasteiger partial charge in [-0.3, -0.25) is 14.2 Å². The minimum atomic E-state index is -0.208. The van der Waals surface area contributed by atoms with Gasteiger partial charge < -0.3 is 14.5 Å². The molecule has 172 valence electrons. The number of rotatable bonds is 5. The monoisotopic (exact) mass is 456 g/mol. The van der Waals surface area contributed by atoms with Gasteiger partial charge in [-0.2, -0.15) is 4.98 Å². The Labute approximate surface area is 196 Å². The summed E-state index contributed by atoms with van der Waals surface area (Å²) in [5.74, 6) is 2.46. The van der Waals surface area contributed by atoms with Crippen molar-refractivity contribution >= 4 is 22.6 Å².